The van der Waals surface area contributed by atoms with Gasteiger partial charge in [0.1, 0.15) is 6.61 Å². The van der Waals surface area contributed by atoms with Crippen molar-refractivity contribution in [3.8, 4) is 28.4 Å². The van der Waals surface area contributed by atoms with Gasteiger partial charge in [-0.05, 0) is 47.7 Å². The van der Waals surface area contributed by atoms with Crippen molar-refractivity contribution in [2.45, 2.75) is 18.9 Å². The third-order valence-corrected chi connectivity index (χ3v) is 5.21. The standard InChI is InChI=1S/C22H25NO7/c1-27-17-10-12-6-8-16(23-18(25)11-24)15-9-13(22(26)30-4)5-7-14(15)19(12)21(29-3)20(17)28-2/h5,7,9-10,16,24H,6,8,11H2,1-4H3,(H,23,25)/t16-/m0/s1. The van der Waals surface area contributed by atoms with Gasteiger partial charge < -0.3 is 29.4 Å². The van der Waals surface area contributed by atoms with E-state index in [0.717, 1.165) is 22.3 Å². The highest BCUT2D eigenvalue weighted by Crippen LogP contribution is 2.50. The van der Waals surface area contributed by atoms with E-state index in [1.807, 2.05) is 6.07 Å². The first kappa shape index (κ1) is 21.4. The summed E-state index contributed by atoms with van der Waals surface area (Å²) >= 11 is 0. The first-order valence-corrected chi connectivity index (χ1v) is 9.43. The second kappa shape index (κ2) is 9.04. The molecule has 0 aliphatic heterocycles. The predicted molar refractivity (Wildman–Crippen MR) is 109 cm³/mol. The minimum Gasteiger partial charge on any atom is -0.493 e. The summed E-state index contributed by atoms with van der Waals surface area (Å²) in [6, 6.07) is 6.65. The molecule has 30 heavy (non-hydrogen) atoms. The number of carbonyl (C=O) groups is 2. The molecule has 0 saturated heterocycles. The van der Waals surface area contributed by atoms with Gasteiger partial charge in [0.05, 0.1) is 40.0 Å². The summed E-state index contributed by atoms with van der Waals surface area (Å²) in [4.78, 5) is 24.1. The molecular formula is C22H25NO7. The van der Waals surface area contributed by atoms with E-state index in [2.05, 4.69) is 5.32 Å². The van der Waals surface area contributed by atoms with Crippen molar-refractivity contribution < 1.29 is 33.6 Å². The van der Waals surface area contributed by atoms with E-state index < -0.39 is 24.5 Å². The molecule has 1 amide bonds. The molecule has 0 radical (unpaired) electrons. The summed E-state index contributed by atoms with van der Waals surface area (Å²) < 4.78 is 21.6. The van der Waals surface area contributed by atoms with Crippen LogP contribution in [-0.4, -0.2) is 52.0 Å². The summed E-state index contributed by atoms with van der Waals surface area (Å²) in [5.74, 6) is 0.530. The average molecular weight is 415 g/mol. The van der Waals surface area contributed by atoms with Crippen molar-refractivity contribution in [3.63, 3.8) is 0 Å². The third-order valence-electron chi connectivity index (χ3n) is 5.21. The number of aliphatic hydroxyl groups is 1. The summed E-state index contributed by atoms with van der Waals surface area (Å²) in [6.07, 6.45) is 1.15. The largest absolute Gasteiger partial charge is 0.493 e. The van der Waals surface area contributed by atoms with Crippen LogP contribution in [-0.2, 0) is 16.0 Å². The minimum atomic E-state index is -0.625. The number of benzene rings is 2. The van der Waals surface area contributed by atoms with Crippen LogP contribution in [0.25, 0.3) is 11.1 Å². The highest BCUT2D eigenvalue weighted by Gasteiger charge is 2.30. The number of ether oxygens (including phenoxy) is 4. The quantitative estimate of drug-likeness (QED) is 0.698. The Morgan fingerprint density at radius 2 is 1.80 bits per heavy atom. The lowest BCUT2D eigenvalue weighted by Crippen LogP contribution is -2.31. The Kier molecular flexibility index (Phi) is 6.47. The molecule has 2 aromatic rings. The van der Waals surface area contributed by atoms with Crippen LogP contribution < -0.4 is 19.5 Å². The number of hydrogen-bond acceptors (Lipinski definition) is 7. The highest BCUT2D eigenvalue weighted by atomic mass is 16.5. The molecular weight excluding hydrogens is 390 g/mol. The molecule has 0 unspecified atom stereocenters. The van der Waals surface area contributed by atoms with E-state index in [1.165, 1.54) is 14.2 Å². The van der Waals surface area contributed by atoms with Crippen molar-refractivity contribution in [3.05, 3.63) is 41.0 Å². The summed E-state index contributed by atoms with van der Waals surface area (Å²) in [5, 5.41) is 12.1. The average Bonchev–Trinajstić information content (AvgIpc) is 2.93. The molecule has 2 N–H and O–H groups in total. The van der Waals surface area contributed by atoms with Gasteiger partial charge in [-0.25, -0.2) is 4.79 Å². The number of carbonyl (C=O) groups excluding carboxylic acids is 2. The Hall–Kier alpha value is -3.26. The smallest absolute Gasteiger partial charge is 0.337 e. The number of aryl methyl sites for hydroxylation is 1. The van der Waals surface area contributed by atoms with Crippen LogP contribution in [0.3, 0.4) is 0 Å². The summed E-state index contributed by atoms with van der Waals surface area (Å²) in [5.41, 5.74) is 3.64. The van der Waals surface area contributed by atoms with E-state index in [0.29, 0.717) is 35.7 Å². The molecule has 0 spiro atoms. The topological polar surface area (TPSA) is 103 Å². The molecule has 0 fully saturated rings. The number of rotatable bonds is 6. The van der Waals surface area contributed by atoms with Crippen molar-refractivity contribution >= 4 is 11.9 Å². The molecule has 1 aliphatic carbocycles. The predicted octanol–water partition coefficient (Wildman–Crippen LogP) is 2.26. The van der Waals surface area contributed by atoms with Gasteiger partial charge >= 0.3 is 5.97 Å². The zero-order valence-electron chi connectivity index (χ0n) is 17.4. The van der Waals surface area contributed by atoms with Gasteiger partial charge in [-0.2, -0.15) is 0 Å². The van der Waals surface area contributed by atoms with E-state index in [1.54, 1.807) is 32.4 Å². The fourth-order valence-corrected chi connectivity index (χ4v) is 3.87. The molecule has 160 valence electrons. The Bertz CT molecular complexity index is 970. The Balaban J connectivity index is 2.29. The van der Waals surface area contributed by atoms with E-state index in [4.69, 9.17) is 18.9 Å². The molecule has 2 aromatic carbocycles. The molecule has 0 saturated carbocycles. The third kappa shape index (κ3) is 3.78. The van der Waals surface area contributed by atoms with Crippen LogP contribution in [0.1, 0.15) is 33.9 Å². The summed E-state index contributed by atoms with van der Waals surface area (Å²) in [6.45, 7) is -0.625. The van der Waals surface area contributed by atoms with Crippen molar-refractivity contribution in [1.29, 1.82) is 0 Å². The van der Waals surface area contributed by atoms with Gasteiger partial charge in [-0.3, -0.25) is 4.79 Å². The van der Waals surface area contributed by atoms with Crippen LogP contribution in [0, 0.1) is 0 Å². The molecule has 0 aromatic heterocycles. The summed E-state index contributed by atoms with van der Waals surface area (Å²) in [7, 11) is 5.96. The first-order chi connectivity index (χ1) is 14.5. The molecule has 0 bridgehead atoms. The van der Waals surface area contributed by atoms with Crippen LogP contribution >= 0.6 is 0 Å². The zero-order chi connectivity index (χ0) is 21.8. The fraction of sp³-hybridized carbons (Fsp3) is 0.364. The number of nitrogens with one attached hydrogen (secondary N) is 1. The number of hydrogen-bond donors (Lipinski definition) is 2. The maximum absolute atomic E-state index is 12.1. The lowest BCUT2D eigenvalue weighted by molar-refractivity contribution is -0.124. The lowest BCUT2D eigenvalue weighted by atomic mass is 9.92. The van der Waals surface area contributed by atoms with Crippen molar-refractivity contribution in [2.75, 3.05) is 35.0 Å². The van der Waals surface area contributed by atoms with Gasteiger partial charge in [-0.15, -0.1) is 0 Å². The van der Waals surface area contributed by atoms with Crippen molar-refractivity contribution in [1.82, 2.24) is 5.32 Å². The molecule has 3 rings (SSSR count). The number of amides is 1. The Morgan fingerprint density at radius 1 is 1.07 bits per heavy atom. The van der Waals surface area contributed by atoms with Crippen LogP contribution in [0.5, 0.6) is 17.2 Å². The number of methoxy groups -OCH3 is 4. The monoisotopic (exact) mass is 415 g/mol. The van der Waals surface area contributed by atoms with Gasteiger partial charge in [0.15, 0.2) is 11.5 Å². The fourth-order valence-electron chi connectivity index (χ4n) is 3.87. The molecule has 1 atom stereocenters. The highest BCUT2D eigenvalue weighted by molar-refractivity contribution is 5.92. The zero-order valence-corrected chi connectivity index (χ0v) is 17.4. The van der Waals surface area contributed by atoms with E-state index in [-0.39, 0.29) is 0 Å². The van der Waals surface area contributed by atoms with Crippen molar-refractivity contribution in [2.24, 2.45) is 0 Å². The van der Waals surface area contributed by atoms with Crippen LogP contribution in [0.2, 0.25) is 0 Å². The normalized spacial score (nSPS) is 14.6. The molecule has 8 nitrogen and oxygen atoms in total. The van der Waals surface area contributed by atoms with Crippen LogP contribution in [0.4, 0.5) is 0 Å². The lowest BCUT2D eigenvalue weighted by Gasteiger charge is -2.21. The minimum absolute atomic E-state index is 0.363. The number of fused-ring (bicyclic) bond motifs is 3. The van der Waals surface area contributed by atoms with E-state index in [9.17, 15) is 14.7 Å². The number of esters is 1. The second-order valence-corrected chi connectivity index (χ2v) is 6.79. The molecule has 1 aliphatic rings. The second-order valence-electron chi connectivity index (χ2n) is 6.79. The Morgan fingerprint density at radius 3 is 2.40 bits per heavy atom. The first-order valence-electron chi connectivity index (χ1n) is 9.43. The molecule has 8 heteroatoms. The van der Waals surface area contributed by atoms with Gasteiger partial charge in [0, 0.05) is 5.56 Å². The Labute approximate surface area is 174 Å². The molecule has 0 heterocycles. The van der Waals surface area contributed by atoms with Gasteiger partial charge in [0.25, 0.3) is 0 Å². The number of aliphatic hydroxyl groups excluding tert-OH is 1. The van der Waals surface area contributed by atoms with Crippen LogP contribution in [0.15, 0.2) is 24.3 Å². The van der Waals surface area contributed by atoms with E-state index >= 15 is 0 Å². The maximum atomic E-state index is 12.1. The van der Waals surface area contributed by atoms with Gasteiger partial charge in [-0.1, -0.05) is 6.07 Å². The maximum Gasteiger partial charge on any atom is 0.337 e. The SMILES string of the molecule is COC(=O)c1ccc2c(c1)[C@@H](NC(=O)CO)CCc1cc(OC)c(OC)c(OC)c1-2. The van der Waals surface area contributed by atoms with Gasteiger partial charge in [0.2, 0.25) is 11.7 Å².